The van der Waals surface area contributed by atoms with Crippen LogP contribution in [0.4, 0.5) is 5.69 Å². The third kappa shape index (κ3) is 2.61. The van der Waals surface area contributed by atoms with E-state index in [4.69, 9.17) is 5.73 Å². The molecule has 3 N–H and O–H groups in total. The molecule has 2 aliphatic rings. The molecule has 0 aromatic heterocycles. The molecule has 1 aromatic rings. The first-order valence-electron chi connectivity index (χ1n) is 6.56. The second-order valence-corrected chi connectivity index (χ2v) is 6.39. The predicted octanol–water partition coefficient (Wildman–Crippen LogP) is 2.87. The van der Waals surface area contributed by atoms with Crippen LogP contribution in [-0.4, -0.2) is 18.3 Å². The minimum Gasteiger partial charge on any atom is -0.385 e. The molecule has 1 aromatic carbocycles. The largest absolute Gasteiger partial charge is 0.385 e. The monoisotopic (exact) mass is 248 g/mol. The van der Waals surface area contributed by atoms with Crippen LogP contribution in [0, 0.1) is 5.92 Å². The highest BCUT2D eigenvalue weighted by Crippen LogP contribution is 2.32. The van der Waals surface area contributed by atoms with E-state index in [0.717, 1.165) is 12.5 Å². The Morgan fingerprint density at radius 3 is 3.06 bits per heavy atom. The van der Waals surface area contributed by atoms with Gasteiger partial charge < -0.3 is 11.1 Å². The molecular formula is C14H20N2S. The van der Waals surface area contributed by atoms with Crippen molar-refractivity contribution in [1.29, 1.82) is 0 Å². The average Bonchev–Trinajstić information content (AvgIpc) is 2.33. The number of nitrogens with one attached hydrogen (secondary N) is 1. The van der Waals surface area contributed by atoms with Gasteiger partial charge in [0.15, 0.2) is 0 Å². The molecule has 0 unspecified atom stereocenters. The average molecular weight is 248 g/mol. The number of benzene rings is 1. The lowest BCUT2D eigenvalue weighted by atomic mass is 9.81. The molecule has 3 rings (SSSR count). The number of anilines is 1. The van der Waals surface area contributed by atoms with Crippen molar-refractivity contribution in [3.05, 3.63) is 23.8 Å². The summed E-state index contributed by atoms with van der Waals surface area (Å²) in [6.45, 7) is 1.08. The number of rotatable bonds is 3. The number of thioether (sulfide) groups is 1. The summed E-state index contributed by atoms with van der Waals surface area (Å²) in [6, 6.07) is 7.28. The fourth-order valence-electron chi connectivity index (χ4n) is 2.69. The summed E-state index contributed by atoms with van der Waals surface area (Å²) >= 11 is 1.99. The second kappa shape index (κ2) is 4.91. The molecule has 92 valence electrons. The van der Waals surface area contributed by atoms with Gasteiger partial charge in [-0.15, -0.1) is 11.8 Å². The molecule has 1 fully saturated rings. The number of hydrogen-bond acceptors (Lipinski definition) is 3. The maximum Gasteiger partial charge on any atom is 0.0343 e. The highest BCUT2D eigenvalue weighted by atomic mass is 32.2. The van der Waals surface area contributed by atoms with Gasteiger partial charge in [0.2, 0.25) is 0 Å². The summed E-state index contributed by atoms with van der Waals surface area (Å²) in [5.41, 5.74) is 8.61. The molecule has 0 atom stereocenters. The van der Waals surface area contributed by atoms with Crippen molar-refractivity contribution in [1.82, 2.24) is 0 Å². The molecule has 1 saturated carbocycles. The first-order valence-corrected chi connectivity index (χ1v) is 7.55. The number of hydrogen-bond donors (Lipinski definition) is 2. The smallest absolute Gasteiger partial charge is 0.0343 e. The van der Waals surface area contributed by atoms with Gasteiger partial charge in [-0.3, -0.25) is 0 Å². The van der Waals surface area contributed by atoms with Crippen LogP contribution in [0.25, 0.3) is 0 Å². The molecule has 1 heterocycles. The molecule has 0 amide bonds. The van der Waals surface area contributed by atoms with Gasteiger partial charge in [0.25, 0.3) is 0 Å². The van der Waals surface area contributed by atoms with Gasteiger partial charge >= 0.3 is 0 Å². The quantitative estimate of drug-likeness (QED) is 0.864. The van der Waals surface area contributed by atoms with Crippen LogP contribution < -0.4 is 11.1 Å². The number of fused-ring (bicyclic) bond motifs is 1. The van der Waals surface area contributed by atoms with E-state index in [2.05, 4.69) is 23.5 Å². The fraction of sp³-hybridized carbons (Fsp3) is 0.571. The highest BCUT2D eigenvalue weighted by molar-refractivity contribution is 7.99. The Morgan fingerprint density at radius 1 is 1.35 bits per heavy atom. The van der Waals surface area contributed by atoms with Crippen LogP contribution in [0.15, 0.2) is 23.1 Å². The topological polar surface area (TPSA) is 38.0 Å². The van der Waals surface area contributed by atoms with Gasteiger partial charge in [0.1, 0.15) is 0 Å². The first-order chi connectivity index (χ1) is 8.31. The van der Waals surface area contributed by atoms with E-state index in [-0.39, 0.29) is 0 Å². The van der Waals surface area contributed by atoms with Gasteiger partial charge in [0.05, 0.1) is 0 Å². The number of aryl methyl sites for hydroxylation is 1. The van der Waals surface area contributed by atoms with Crippen LogP contribution in [0.5, 0.6) is 0 Å². The minimum absolute atomic E-state index is 0.460. The van der Waals surface area contributed by atoms with E-state index in [9.17, 15) is 0 Å². The van der Waals surface area contributed by atoms with E-state index in [0.29, 0.717) is 6.04 Å². The molecule has 3 heteroatoms. The molecule has 2 nitrogen and oxygen atoms in total. The van der Waals surface area contributed by atoms with Crippen molar-refractivity contribution >= 4 is 17.4 Å². The van der Waals surface area contributed by atoms with Gasteiger partial charge in [-0.25, -0.2) is 0 Å². The van der Waals surface area contributed by atoms with Crippen molar-refractivity contribution in [3.63, 3.8) is 0 Å². The van der Waals surface area contributed by atoms with Crippen molar-refractivity contribution in [3.8, 4) is 0 Å². The predicted molar refractivity (Wildman–Crippen MR) is 74.7 cm³/mol. The van der Waals surface area contributed by atoms with E-state index in [1.54, 1.807) is 0 Å². The Balaban J connectivity index is 1.59. The Morgan fingerprint density at radius 2 is 2.24 bits per heavy atom. The zero-order chi connectivity index (χ0) is 11.7. The number of nitrogens with two attached hydrogens (primary N) is 1. The van der Waals surface area contributed by atoms with Gasteiger partial charge in [-0.1, -0.05) is 0 Å². The van der Waals surface area contributed by atoms with Crippen LogP contribution in [0.3, 0.4) is 0 Å². The summed E-state index contributed by atoms with van der Waals surface area (Å²) in [5.74, 6) is 2.06. The van der Waals surface area contributed by atoms with Crippen molar-refractivity contribution in [2.45, 2.75) is 36.6 Å². The van der Waals surface area contributed by atoms with Crippen molar-refractivity contribution < 1.29 is 0 Å². The summed E-state index contributed by atoms with van der Waals surface area (Å²) in [5, 5.41) is 3.55. The first kappa shape index (κ1) is 11.4. The third-order valence-corrected chi connectivity index (χ3v) is 4.98. The van der Waals surface area contributed by atoms with Crippen LogP contribution in [0.2, 0.25) is 0 Å². The van der Waals surface area contributed by atoms with Crippen molar-refractivity contribution in [2.75, 3.05) is 17.6 Å². The SMILES string of the molecule is NC1CC(CNc2ccc3c(c2)CCCS3)C1. The van der Waals surface area contributed by atoms with E-state index in [1.165, 1.54) is 47.6 Å². The lowest BCUT2D eigenvalue weighted by Crippen LogP contribution is -2.39. The molecule has 0 saturated heterocycles. The standard InChI is InChI=1S/C14H20N2S/c15-12-6-10(7-12)9-16-13-3-4-14-11(8-13)2-1-5-17-14/h3-4,8,10,12,16H,1-2,5-7,9,15H2. The molecule has 1 aliphatic carbocycles. The lowest BCUT2D eigenvalue weighted by molar-refractivity contribution is 0.280. The zero-order valence-corrected chi connectivity index (χ0v) is 10.9. The molecule has 0 radical (unpaired) electrons. The Kier molecular flexibility index (Phi) is 3.30. The van der Waals surface area contributed by atoms with E-state index >= 15 is 0 Å². The second-order valence-electron chi connectivity index (χ2n) is 5.25. The molecule has 17 heavy (non-hydrogen) atoms. The van der Waals surface area contributed by atoms with Gasteiger partial charge in [-0.2, -0.15) is 0 Å². The molecular weight excluding hydrogens is 228 g/mol. The Bertz CT molecular complexity index is 399. The highest BCUT2D eigenvalue weighted by Gasteiger charge is 2.25. The van der Waals surface area contributed by atoms with Crippen LogP contribution in [-0.2, 0) is 6.42 Å². The van der Waals surface area contributed by atoms with Crippen LogP contribution in [0.1, 0.15) is 24.8 Å². The van der Waals surface area contributed by atoms with Gasteiger partial charge in [0, 0.05) is 23.2 Å². The zero-order valence-electron chi connectivity index (χ0n) is 10.1. The summed E-state index contributed by atoms with van der Waals surface area (Å²) in [4.78, 5) is 1.48. The van der Waals surface area contributed by atoms with E-state index < -0.39 is 0 Å². The fourth-order valence-corrected chi connectivity index (χ4v) is 3.71. The molecule has 0 spiro atoms. The van der Waals surface area contributed by atoms with Crippen molar-refractivity contribution in [2.24, 2.45) is 11.7 Å². The Hall–Kier alpha value is -0.670. The lowest BCUT2D eigenvalue weighted by Gasteiger charge is -2.32. The maximum absolute atomic E-state index is 5.80. The van der Waals surface area contributed by atoms with Crippen LogP contribution >= 0.6 is 11.8 Å². The van der Waals surface area contributed by atoms with E-state index in [1.807, 2.05) is 11.8 Å². The van der Waals surface area contributed by atoms with Gasteiger partial charge in [-0.05, 0) is 61.1 Å². The summed E-state index contributed by atoms with van der Waals surface area (Å²) in [6.07, 6.45) is 4.94. The minimum atomic E-state index is 0.460. The molecule has 0 bridgehead atoms. The normalized spacial score (nSPS) is 27.1. The maximum atomic E-state index is 5.80. The summed E-state index contributed by atoms with van der Waals surface area (Å²) in [7, 11) is 0. The molecule has 1 aliphatic heterocycles. The summed E-state index contributed by atoms with van der Waals surface area (Å²) < 4.78 is 0. The third-order valence-electron chi connectivity index (χ3n) is 3.78. The Labute approximate surface area is 107 Å².